The maximum Gasteiger partial charge on any atom is 0.232 e. The van der Waals surface area contributed by atoms with E-state index in [1.807, 2.05) is 44.9 Å². The van der Waals surface area contributed by atoms with Crippen molar-refractivity contribution in [1.29, 1.82) is 0 Å². The van der Waals surface area contributed by atoms with E-state index in [0.717, 1.165) is 127 Å². The van der Waals surface area contributed by atoms with Gasteiger partial charge in [0.2, 0.25) is 29.7 Å². The molecule has 17 nitrogen and oxygen atoms in total. The fourth-order valence-electron chi connectivity index (χ4n) is 12.5. The lowest BCUT2D eigenvalue weighted by molar-refractivity contribution is -0.282. The fourth-order valence-corrected chi connectivity index (χ4v) is 12.5. The largest absolute Gasteiger partial charge is 0.347 e. The second-order valence-electron chi connectivity index (χ2n) is 25.4. The van der Waals surface area contributed by atoms with Crippen LogP contribution in [0.15, 0.2) is 0 Å². The smallest absolute Gasteiger partial charge is 0.232 e. The number of anilines is 5. The number of unbranched alkanes of at least 4 members (excludes halogenated alkanes) is 3. The Labute approximate surface area is 432 Å². The van der Waals surface area contributed by atoms with Gasteiger partial charge in [0.05, 0.1) is 19.8 Å². The van der Waals surface area contributed by atoms with Gasteiger partial charge in [-0.15, -0.1) is 0 Å². The molecule has 71 heavy (non-hydrogen) atoms. The van der Waals surface area contributed by atoms with E-state index < -0.39 is 0 Å². The Morgan fingerprint density at radius 2 is 0.690 bits per heavy atom. The topological polar surface area (TPSA) is 131 Å². The summed E-state index contributed by atoms with van der Waals surface area (Å²) in [6.45, 7) is 40.2. The van der Waals surface area contributed by atoms with E-state index in [1.165, 1.54) is 0 Å². The highest BCUT2D eigenvalue weighted by Crippen LogP contribution is 2.45. The van der Waals surface area contributed by atoms with Crippen LogP contribution in [-0.4, -0.2) is 165 Å². The first-order valence-electron chi connectivity index (χ1n) is 27.4. The van der Waals surface area contributed by atoms with E-state index >= 15 is 0 Å². The lowest BCUT2D eigenvalue weighted by Gasteiger charge is -2.55. The van der Waals surface area contributed by atoms with E-state index in [0.29, 0.717) is 25.1 Å². The van der Waals surface area contributed by atoms with Gasteiger partial charge in [-0.2, -0.15) is 45.1 Å². The normalized spacial score (nSPS) is 21.6. The Balaban J connectivity index is 1.41. The molecule has 0 amide bonds. The average Bonchev–Trinajstić information content (AvgIpc) is 3.24. The zero-order valence-corrected chi connectivity index (χ0v) is 48.9. The summed E-state index contributed by atoms with van der Waals surface area (Å²) in [5, 5.41) is 6.80. The molecule has 3 fully saturated rings. The second kappa shape index (κ2) is 23.5. The molecule has 0 spiro atoms. The highest BCUT2D eigenvalue weighted by Gasteiger charge is 2.51. The Morgan fingerprint density at radius 1 is 0.408 bits per heavy atom. The monoisotopic (exact) mass is 995 g/mol. The maximum absolute atomic E-state index is 6.52. The van der Waals surface area contributed by atoms with Gasteiger partial charge >= 0.3 is 0 Å². The molecule has 5 heterocycles. The van der Waals surface area contributed by atoms with Crippen molar-refractivity contribution in [2.24, 2.45) is 0 Å². The Hall–Kier alpha value is -3.22. The van der Waals surface area contributed by atoms with E-state index in [9.17, 15) is 0 Å². The van der Waals surface area contributed by atoms with Gasteiger partial charge in [-0.3, -0.25) is 14.5 Å². The van der Waals surface area contributed by atoms with Gasteiger partial charge in [-0.25, -0.2) is 0 Å². The third-order valence-corrected chi connectivity index (χ3v) is 14.9. The number of hydrogen-bond donors (Lipinski definition) is 0. The Bertz CT molecular complexity index is 1910. The van der Waals surface area contributed by atoms with E-state index in [-0.39, 0.29) is 51.4 Å². The molecular weight excluding hydrogens is 893 g/mol. The predicted molar refractivity (Wildman–Crippen MR) is 292 cm³/mol. The minimum atomic E-state index is -0.203. The minimum absolute atomic E-state index is 0.168. The van der Waals surface area contributed by atoms with Crippen LogP contribution >= 0.6 is 0 Å². The van der Waals surface area contributed by atoms with Gasteiger partial charge < -0.3 is 24.5 Å². The molecule has 2 aromatic rings. The molecule has 0 radical (unpaired) electrons. The van der Waals surface area contributed by atoms with Crippen LogP contribution in [0.25, 0.3) is 0 Å². The molecular formula is C54H102N14O3. The van der Waals surface area contributed by atoms with Crippen LogP contribution in [-0.2, 0) is 14.5 Å². The van der Waals surface area contributed by atoms with Crippen molar-refractivity contribution in [3.8, 4) is 0 Å². The molecule has 3 aliphatic rings. The molecule has 17 heteroatoms. The van der Waals surface area contributed by atoms with Gasteiger partial charge in [0.25, 0.3) is 0 Å². The quantitative estimate of drug-likeness (QED) is 0.0924. The number of hydrogen-bond acceptors (Lipinski definition) is 17. The number of aryl methyl sites for hydroxylation is 1. The van der Waals surface area contributed by atoms with Gasteiger partial charge in [-0.1, -0.05) is 33.6 Å². The molecule has 406 valence electrons. The van der Waals surface area contributed by atoms with Gasteiger partial charge in [0.1, 0.15) is 5.82 Å². The highest BCUT2D eigenvalue weighted by molar-refractivity contribution is 5.46. The first-order chi connectivity index (χ1) is 33.0. The average molecular weight is 996 g/mol. The Kier molecular flexibility index (Phi) is 19.5. The van der Waals surface area contributed by atoms with E-state index in [2.05, 4.69) is 141 Å². The van der Waals surface area contributed by atoms with Crippen LogP contribution in [0.4, 0.5) is 29.7 Å². The summed E-state index contributed by atoms with van der Waals surface area (Å²) >= 11 is 0. The van der Waals surface area contributed by atoms with Gasteiger partial charge in [0.15, 0.2) is 0 Å². The molecule has 0 saturated carbocycles. The maximum atomic E-state index is 6.52. The molecule has 5 rings (SSSR count). The fraction of sp³-hybridized carbons (Fsp3) is 0.889. The summed E-state index contributed by atoms with van der Waals surface area (Å²) in [4.78, 5) is 61.4. The Morgan fingerprint density at radius 3 is 1.01 bits per heavy atom. The lowest BCUT2D eigenvalue weighted by Crippen LogP contribution is -2.64. The van der Waals surface area contributed by atoms with E-state index in [4.69, 9.17) is 44.4 Å². The van der Waals surface area contributed by atoms with Crippen molar-refractivity contribution in [3.05, 3.63) is 5.82 Å². The molecule has 3 saturated heterocycles. The molecule has 0 aromatic carbocycles. The molecule has 2 aromatic heterocycles. The van der Waals surface area contributed by atoms with Crippen LogP contribution in [0.5, 0.6) is 0 Å². The third-order valence-electron chi connectivity index (χ3n) is 14.9. The van der Waals surface area contributed by atoms with Crippen LogP contribution in [0.1, 0.15) is 193 Å². The standard InChI is InChI=1S/C54H102N14O3/c1-22-31-69-66-49(5,6)34-41(35-50(66,7)8)63(21)46-55-40(4)56-47(60-46)64(42-36-51(9,10)67(70-32-23-2)52(11,12)37-42)29-27-25-26-28-30-65(48-58-44(61(17)18)57-45(59-48)62(19)20)43-38-53(13,14)68(71-33-24-3)54(15,16)39-43/h41-43H,22-39H2,1-21H3. The second-order valence-corrected chi connectivity index (χ2v) is 25.4. The summed E-state index contributed by atoms with van der Waals surface area (Å²) < 4.78 is 0. The van der Waals surface area contributed by atoms with Crippen molar-refractivity contribution < 1.29 is 14.5 Å². The molecule has 0 unspecified atom stereocenters. The molecule has 0 N–H and O–H groups in total. The van der Waals surface area contributed by atoms with Gasteiger partial charge in [0, 0.05) is 99.7 Å². The number of aromatic nitrogens is 6. The number of piperidine rings is 3. The van der Waals surface area contributed by atoms with Crippen molar-refractivity contribution in [2.45, 2.75) is 246 Å². The molecule has 3 aliphatic heterocycles. The zero-order valence-electron chi connectivity index (χ0n) is 48.9. The van der Waals surface area contributed by atoms with E-state index in [1.54, 1.807) is 0 Å². The zero-order chi connectivity index (χ0) is 52.9. The SMILES string of the molecule is CCCON1C(C)(C)CC(N(C)c2nc(C)nc(N(CCCCCCN(c3nc(N(C)C)nc(N(C)C)n3)C3CC(C)(C)N(OCCC)C(C)(C)C3)C3CC(C)(C)N(OCCC)C(C)(C)C3)n2)CC1(C)C. The van der Waals surface area contributed by atoms with Crippen LogP contribution in [0, 0.1) is 6.92 Å². The molecule has 0 atom stereocenters. The van der Waals surface area contributed by atoms with Crippen molar-refractivity contribution in [3.63, 3.8) is 0 Å². The first kappa shape index (κ1) is 58.7. The summed E-state index contributed by atoms with van der Waals surface area (Å²) in [6.07, 6.45) is 12.7. The molecule has 0 aliphatic carbocycles. The summed E-state index contributed by atoms with van der Waals surface area (Å²) in [5.41, 5.74) is -1.13. The number of hydroxylamine groups is 6. The van der Waals surface area contributed by atoms with Crippen molar-refractivity contribution in [1.82, 2.24) is 45.1 Å². The molecule has 0 bridgehead atoms. The third kappa shape index (κ3) is 14.3. The van der Waals surface area contributed by atoms with Crippen LogP contribution in [0.3, 0.4) is 0 Å². The summed E-state index contributed by atoms with van der Waals surface area (Å²) in [6, 6.07) is 0.636. The van der Waals surface area contributed by atoms with Crippen LogP contribution in [0.2, 0.25) is 0 Å². The number of nitrogens with zero attached hydrogens (tertiary/aromatic N) is 14. The van der Waals surface area contributed by atoms with Crippen LogP contribution < -0.4 is 24.5 Å². The minimum Gasteiger partial charge on any atom is -0.347 e. The highest BCUT2D eigenvalue weighted by atomic mass is 16.7. The summed E-state index contributed by atoms with van der Waals surface area (Å²) in [5.74, 6) is 4.33. The number of rotatable bonds is 24. The predicted octanol–water partition coefficient (Wildman–Crippen LogP) is 9.90. The first-order valence-corrected chi connectivity index (χ1v) is 27.4. The van der Waals surface area contributed by atoms with Crippen molar-refractivity contribution >= 4 is 29.7 Å². The lowest BCUT2D eigenvalue weighted by atomic mass is 9.78. The van der Waals surface area contributed by atoms with Crippen molar-refractivity contribution in [2.75, 3.05) is 92.6 Å². The summed E-state index contributed by atoms with van der Waals surface area (Å²) in [7, 11) is 10.2. The van der Waals surface area contributed by atoms with Gasteiger partial charge in [-0.05, 0) is 161 Å².